The van der Waals surface area contributed by atoms with Crippen LogP contribution in [0.3, 0.4) is 0 Å². The SMILES string of the molecule is CCN(CC(=O)NCc1ccc(F)cc1)C(=O)CC12CC3CC(CC(Br)(C3)C1)C2. The largest absolute Gasteiger partial charge is 0.350 e. The molecule has 4 bridgehead atoms. The molecule has 2 unspecified atom stereocenters. The Hall–Kier alpha value is -1.43. The summed E-state index contributed by atoms with van der Waals surface area (Å²) < 4.78 is 13.2. The van der Waals surface area contributed by atoms with Gasteiger partial charge < -0.3 is 10.2 Å². The molecule has 0 saturated heterocycles. The number of hydrogen-bond acceptors (Lipinski definition) is 2. The average Bonchev–Trinajstić information content (AvgIpc) is 2.63. The van der Waals surface area contributed by atoms with Gasteiger partial charge in [0, 0.05) is 23.8 Å². The Morgan fingerprint density at radius 2 is 1.83 bits per heavy atom. The Bertz CT molecular complexity index is 768. The van der Waals surface area contributed by atoms with E-state index in [-0.39, 0.29) is 33.9 Å². The lowest BCUT2D eigenvalue weighted by molar-refractivity contribution is -0.141. The number of carbonyl (C=O) groups excluding carboxylic acids is 2. The minimum atomic E-state index is -0.294. The van der Waals surface area contributed by atoms with Crippen LogP contribution in [0.5, 0.6) is 0 Å². The van der Waals surface area contributed by atoms with E-state index in [0.29, 0.717) is 19.5 Å². The molecule has 0 spiro atoms. The molecule has 1 N–H and O–H groups in total. The first-order chi connectivity index (χ1) is 13.8. The third-order valence-corrected chi connectivity index (χ3v) is 8.04. The van der Waals surface area contributed by atoms with Gasteiger partial charge in [0.2, 0.25) is 11.8 Å². The van der Waals surface area contributed by atoms with Crippen molar-refractivity contribution < 1.29 is 14.0 Å². The van der Waals surface area contributed by atoms with Crippen molar-refractivity contribution in [3.63, 3.8) is 0 Å². The van der Waals surface area contributed by atoms with Crippen molar-refractivity contribution in [1.82, 2.24) is 10.2 Å². The number of amides is 2. The second-order valence-electron chi connectivity index (χ2n) is 9.60. The average molecular weight is 465 g/mol. The number of nitrogens with one attached hydrogen (secondary N) is 1. The second-order valence-corrected chi connectivity index (χ2v) is 11.3. The topological polar surface area (TPSA) is 49.4 Å². The molecule has 4 aliphatic carbocycles. The highest BCUT2D eigenvalue weighted by molar-refractivity contribution is 9.10. The number of halogens is 2. The van der Waals surface area contributed by atoms with E-state index < -0.39 is 0 Å². The summed E-state index contributed by atoms with van der Waals surface area (Å²) in [4.78, 5) is 27.2. The van der Waals surface area contributed by atoms with Crippen LogP contribution in [0.4, 0.5) is 4.39 Å². The lowest BCUT2D eigenvalue weighted by Gasteiger charge is -2.60. The number of hydrogen-bond donors (Lipinski definition) is 1. The van der Waals surface area contributed by atoms with Crippen LogP contribution < -0.4 is 5.32 Å². The maximum absolute atomic E-state index is 13.1. The highest BCUT2D eigenvalue weighted by Crippen LogP contribution is 2.65. The quantitative estimate of drug-likeness (QED) is 0.607. The Balaban J connectivity index is 1.32. The van der Waals surface area contributed by atoms with E-state index in [2.05, 4.69) is 21.2 Å². The lowest BCUT2D eigenvalue weighted by Crippen LogP contribution is -2.54. The molecule has 1 aromatic carbocycles. The normalized spacial score (nSPS) is 32.2. The molecule has 29 heavy (non-hydrogen) atoms. The van der Waals surface area contributed by atoms with Gasteiger partial charge in [0.1, 0.15) is 5.82 Å². The van der Waals surface area contributed by atoms with E-state index in [1.807, 2.05) is 6.92 Å². The van der Waals surface area contributed by atoms with Gasteiger partial charge in [-0.3, -0.25) is 9.59 Å². The first-order valence-corrected chi connectivity index (χ1v) is 11.6. The number of benzene rings is 1. The summed E-state index contributed by atoms with van der Waals surface area (Å²) >= 11 is 4.01. The zero-order valence-electron chi connectivity index (χ0n) is 17.1. The molecule has 0 heterocycles. The summed E-state index contributed by atoms with van der Waals surface area (Å²) in [7, 11) is 0. The molecule has 2 amide bonds. The van der Waals surface area contributed by atoms with E-state index in [1.54, 1.807) is 17.0 Å². The molecule has 4 nitrogen and oxygen atoms in total. The van der Waals surface area contributed by atoms with Gasteiger partial charge in [0.05, 0.1) is 6.54 Å². The fourth-order valence-corrected chi connectivity index (χ4v) is 7.89. The Kier molecular flexibility index (Phi) is 5.75. The van der Waals surface area contributed by atoms with Gasteiger partial charge in [-0.1, -0.05) is 28.1 Å². The number of carbonyl (C=O) groups is 2. The molecular weight excluding hydrogens is 435 g/mol. The van der Waals surface area contributed by atoms with E-state index in [4.69, 9.17) is 0 Å². The summed E-state index contributed by atoms with van der Waals surface area (Å²) in [5.41, 5.74) is 0.952. The second kappa shape index (κ2) is 8.01. The summed E-state index contributed by atoms with van der Waals surface area (Å²) in [6.07, 6.45) is 7.81. The molecule has 6 heteroatoms. The van der Waals surface area contributed by atoms with Crippen LogP contribution in [0.2, 0.25) is 0 Å². The molecular formula is C23H30BrFN2O2. The predicted octanol–water partition coefficient (Wildman–Crippen LogP) is 4.41. The minimum Gasteiger partial charge on any atom is -0.350 e. The van der Waals surface area contributed by atoms with Crippen molar-refractivity contribution >= 4 is 27.7 Å². The van der Waals surface area contributed by atoms with Gasteiger partial charge >= 0.3 is 0 Å². The van der Waals surface area contributed by atoms with Crippen LogP contribution in [0.25, 0.3) is 0 Å². The van der Waals surface area contributed by atoms with Crippen molar-refractivity contribution in [3.05, 3.63) is 35.6 Å². The minimum absolute atomic E-state index is 0.0823. The lowest BCUT2D eigenvalue weighted by atomic mass is 9.48. The van der Waals surface area contributed by atoms with Gasteiger partial charge in [-0.05, 0) is 80.4 Å². The molecule has 1 aromatic rings. The summed E-state index contributed by atoms with van der Waals surface area (Å²) in [5.74, 6) is 1.13. The van der Waals surface area contributed by atoms with Crippen molar-refractivity contribution in [2.75, 3.05) is 13.1 Å². The predicted molar refractivity (Wildman–Crippen MR) is 114 cm³/mol. The highest BCUT2D eigenvalue weighted by atomic mass is 79.9. The van der Waals surface area contributed by atoms with E-state index >= 15 is 0 Å². The Morgan fingerprint density at radius 1 is 1.17 bits per heavy atom. The van der Waals surface area contributed by atoms with Crippen LogP contribution in [0, 0.1) is 23.1 Å². The molecule has 0 aromatic heterocycles. The fraction of sp³-hybridized carbons (Fsp3) is 0.652. The highest BCUT2D eigenvalue weighted by Gasteiger charge is 2.57. The Morgan fingerprint density at radius 3 is 2.41 bits per heavy atom. The molecule has 4 aliphatic rings. The molecule has 0 radical (unpaired) electrons. The molecule has 0 aliphatic heterocycles. The standard InChI is InChI=1S/C23H30BrFN2O2/c1-2-27(14-20(28)26-13-16-3-5-19(25)6-4-16)21(29)12-22-8-17-7-18(9-22)11-23(24,10-17)15-22/h3-6,17-18H,2,7-15H2,1H3,(H,26,28). The summed E-state index contributed by atoms with van der Waals surface area (Å²) in [6, 6.07) is 6.07. The van der Waals surface area contributed by atoms with Gasteiger partial charge in [-0.15, -0.1) is 0 Å². The number of rotatable bonds is 7. The van der Waals surface area contributed by atoms with Crippen LogP contribution in [0.15, 0.2) is 24.3 Å². The number of likely N-dealkylation sites (N-methyl/N-ethyl adjacent to an activating group) is 1. The maximum Gasteiger partial charge on any atom is 0.239 e. The molecule has 4 fully saturated rings. The zero-order chi connectivity index (χ0) is 20.6. The van der Waals surface area contributed by atoms with Gasteiger partial charge in [-0.2, -0.15) is 0 Å². The van der Waals surface area contributed by atoms with Crippen molar-refractivity contribution in [3.8, 4) is 0 Å². The summed E-state index contributed by atoms with van der Waals surface area (Å²) in [6.45, 7) is 2.88. The zero-order valence-corrected chi connectivity index (χ0v) is 18.6. The molecule has 2 atom stereocenters. The Labute approximate surface area is 180 Å². The van der Waals surface area contributed by atoms with E-state index in [1.165, 1.54) is 31.4 Å². The van der Waals surface area contributed by atoms with E-state index in [0.717, 1.165) is 36.7 Å². The third-order valence-electron chi connectivity index (χ3n) is 7.11. The van der Waals surface area contributed by atoms with Crippen molar-refractivity contribution in [2.45, 2.75) is 62.7 Å². The van der Waals surface area contributed by atoms with Crippen LogP contribution >= 0.6 is 15.9 Å². The van der Waals surface area contributed by atoms with Gasteiger partial charge in [-0.25, -0.2) is 4.39 Å². The van der Waals surface area contributed by atoms with Crippen molar-refractivity contribution in [1.29, 1.82) is 0 Å². The smallest absolute Gasteiger partial charge is 0.239 e. The molecule has 5 rings (SSSR count). The van der Waals surface area contributed by atoms with Crippen LogP contribution in [-0.4, -0.2) is 34.1 Å². The van der Waals surface area contributed by atoms with Gasteiger partial charge in [0.25, 0.3) is 0 Å². The van der Waals surface area contributed by atoms with Crippen LogP contribution in [0.1, 0.15) is 57.4 Å². The maximum atomic E-state index is 13.1. The van der Waals surface area contributed by atoms with Crippen LogP contribution in [-0.2, 0) is 16.1 Å². The summed E-state index contributed by atoms with van der Waals surface area (Å²) in [5, 5.41) is 2.84. The monoisotopic (exact) mass is 464 g/mol. The fourth-order valence-electron chi connectivity index (χ4n) is 6.38. The van der Waals surface area contributed by atoms with Crippen molar-refractivity contribution in [2.24, 2.45) is 17.3 Å². The number of nitrogens with zero attached hydrogens (tertiary/aromatic N) is 1. The first-order valence-electron chi connectivity index (χ1n) is 10.8. The third kappa shape index (κ3) is 4.68. The molecule has 4 saturated carbocycles. The first kappa shape index (κ1) is 20.8. The number of alkyl halides is 1. The van der Waals surface area contributed by atoms with E-state index in [9.17, 15) is 14.0 Å². The molecule has 158 valence electrons. The van der Waals surface area contributed by atoms with Gasteiger partial charge in [0.15, 0.2) is 0 Å².